The standard InChI is InChI=1S/C13H24N6O/c1-8(2)7-19(10-5-6-10)12-15-11(18-14)16-13(17-12)20-9(3)4/h8-10H,5-7,14H2,1-4H3,(H,15,16,17,18). The van der Waals surface area contributed by atoms with Crippen LogP contribution in [0, 0.1) is 5.92 Å². The van der Waals surface area contributed by atoms with Crippen LogP contribution in [0.25, 0.3) is 0 Å². The normalized spacial score (nSPS) is 14.8. The van der Waals surface area contributed by atoms with Crippen molar-refractivity contribution in [1.82, 2.24) is 15.0 Å². The van der Waals surface area contributed by atoms with Crippen LogP contribution in [0.1, 0.15) is 40.5 Å². The minimum absolute atomic E-state index is 0.00958. The molecule has 0 unspecified atom stereocenters. The van der Waals surface area contributed by atoms with Gasteiger partial charge in [0.15, 0.2) is 0 Å². The molecule has 0 spiro atoms. The Hall–Kier alpha value is -1.63. The fourth-order valence-corrected chi connectivity index (χ4v) is 1.98. The molecule has 1 fully saturated rings. The van der Waals surface area contributed by atoms with Crippen molar-refractivity contribution >= 4 is 11.9 Å². The van der Waals surface area contributed by atoms with E-state index >= 15 is 0 Å². The fraction of sp³-hybridized carbons (Fsp3) is 0.769. The van der Waals surface area contributed by atoms with E-state index in [0.717, 1.165) is 6.54 Å². The summed E-state index contributed by atoms with van der Waals surface area (Å²) >= 11 is 0. The lowest BCUT2D eigenvalue weighted by molar-refractivity contribution is 0.222. The van der Waals surface area contributed by atoms with Crippen molar-refractivity contribution < 1.29 is 4.74 Å². The van der Waals surface area contributed by atoms with Crippen LogP contribution >= 0.6 is 0 Å². The number of nitrogens with two attached hydrogens (primary N) is 1. The molecule has 0 aliphatic heterocycles. The summed E-state index contributed by atoms with van der Waals surface area (Å²) in [6, 6.07) is 0.838. The quantitative estimate of drug-likeness (QED) is 0.579. The number of nitrogen functional groups attached to an aromatic ring is 1. The van der Waals surface area contributed by atoms with E-state index in [-0.39, 0.29) is 6.10 Å². The molecule has 1 aliphatic carbocycles. The number of nitrogens with one attached hydrogen (secondary N) is 1. The van der Waals surface area contributed by atoms with Gasteiger partial charge in [0, 0.05) is 12.6 Å². The number of rotatable bonds is 7. The molecule has 20 heavy (non-hydrogen) atoms. The average Bonchev–Trinajstić information content (AvgIpc) is 3.18. The molecule has 1 saturated carbocycles. The summed E-state index contributed by atoms with van der Waals surface area (Å²) < 4.78 is 5.57. The molecule has 0 saturated heterocycles. The maximum absolute atomic E-state index is 5.57. The molecule has 1 aromatic rings. The molecule has 3 N–H and O–H groups in total. The van der Waals surface area contributed by atoms with Gasteiger partial charge in [-0.1, -0.05) is 13.8 Å². The summed E-state index contributed by atoms with van der Waals surface area (Å²) in [6.07, 6.45) is 2.38. The number of aromatic nitrogens is 3. The van der Waals surface area contributed by atoms with E-state index in [2.05, 4.69) is 39.1 Å². The number of hydrazine groups is 1. The van der Waals surface area contributed by atoms with Crippen molar-refractivity contribution in [2.45, 2.75) is 52.7 Å². The van der Waals surface area contributed by atoms with Gasteiger partial charge in [-0.05, 0) is 32.6 Å². The smallest absolute Gasteiger partial charge is 0.323 e. The SMILES string of the molecule is CC(C)CN(c1nc(NN)nc(OC(C)C)n1)C1CC1. The van der Waals surface area contributed by atoms with Crippen LogP contribution in [0.3, 0.4) is 0 Å². The van der Waals surface area contributed by atoms with Crippen LogP contribution in [-0.2, 0) is 0 Å². The van der Waals surface area contributed by atoms with Gasteiger partial charge in [0.1, 0.15) is 0 Å². The van der Waals surface area contributed by atoms with E-state index < -0.39 is 0 Å². The Balaban J connectivity index is 2.27. The summed E-state index contributed by atoms with van der Waals surface area (Å²) in [6.45, 7) is 9.16. The summed E-state index contributed by atoms with van der Waals surface area (Å²) in [5.74, 6) is 6.94. The minimum atomic E-state index is 0.00958. The average molecular weight is 280 g/mol. The van der Waals surface area contributed by atoms with E-state index in [1.807, 2.05) is 13.8 Å². The molecular formula is C13H24N6O. The summed E-state index contributed by atoms with van der Waals surface area (Å²) in [7, 11) is 0. The second-order valence-electron chi connectivity index (χ2n) is 5.83. The van der Waals surface area contributed by atoms with Crippen molar-refractivity contribution in [3.05, 3.63) is 0 Å². The Bertz CT molecular complexity index is 446. The van der Waals surface area contributed by atoms with Crippen LogP contribution < -0.4 is 20.9 Å². The maximum atomic E-state index is 5.57. The lowest BCUT2D eigenvalue weighted by Gasteiger charge is -2.24. The van der Waals surface area contributed by atoms with Gasteiger partial charge >= 0.3 is 6.01 Å². The number of hydrogen-bond donors (Lipinski definition) is 2. The van der Waals surface area contributed by atoms with Crippen LogP contribution in [0.2, 0.25) is 0 Å². The summed E-state index contributed by atoms with van der Waals surface area (Å²) in [5.41, 5.74) is 2.48. The molecule has 0 atom stereocenters. The van der Waals surface area contributed by atoms with E-state index in [1.165, 1.54) is 12.8 Å². The van der Waals surface area contributed by atoms with Gasteiger partial charge < -0.3 is 9.64 Å². The molecule has 1 aromatic heterocycles. The second kappa shape index (κ2) is 6.21. The van der Waals surface area contributed by atoms with Gasteiger partial charge in [0.2, 0.25) is 11.9 Å². The van der Waals surface area contributed by atoms with E-state index in [1.54, 1.807) is 0 Å². The molecule has 0 radical (unpaired) electrons. The van der Waals surface area contributed by atoms with Gasteiger partial charge in [-0.25, -0.2) is 5.84 Å². The molecule has 112 valence electrons. The van der Waals surface area contributed by atoms with Crippen LogP contribution in [0.15, 0.2) is 0 Å². The van der Waals surface area contributed by atoms with Gasteiger partial charge in [0.25, 0.3) is 0 Å². The monoisotopic (exact) mass is 280 g/mol. The van der Waals surface area contributed by atoms with Crippen molar-refractivity contribution in [1.29, 1.82) is 0 Å². The predicted octanol–water partition coefficient (Wildman–Crippen LogP) is 1.57. The molecule has 1 aliphatic rings. The first kappa shape index (κ1) is 14.8. The zero-order valence-electron chi connectivity index (χ0n) is 12.6. The number of hydrogen-bond acceptors (Lipinski definition) is 7. The Morgan fingerprint density at radius 1 is 1.25 bits per heavy atom. The topological polar surface area (TPSA) is 89.2 Å². The Morgan fingerprint density at radius 2 is 1.95 bits per heavy atom. The van der Waals surface area contributed by atoms with Crippen molar-refractivity contribution in [2.24, 2.45) is 11.8 Å². The van der Waals surface area contributed by atoms with Crippen molar-refractivity contribution in [2.75, 3.05) is 16.9 Å². The summed E-state index contributed by atoms with van der Waals surface area (Å²) in [4.78, 5) is 15.1. The van der Waals surface area contributed by atoms with E-state index in [0.29, 0.717) is 29.9 Å². The Morgan fingerprint density at radius 3 is 2.45 bits per heavy atom. The van der Waals surface area contributed by atoms with Crippen molar-refractivity contribution in [3.8, 4) is 6.01 Å². The molecule has 0 aromatic carbocycles. The van der Waals surface area contributed by atoms with Gasteiger partial charge in [-0.3, -0.25) is 5.43 Å². The third kappa shape index (κ3) is 3.93. The molecule has 2 rings (SSSR count). The molecule has 0 bridgehead atoms. The molecule has 1 heterocycles. The number of ether oxygens (including phenoxy) is 1. The molecular weight excluding hydrogens is 256 g/mol. The maximum Gasteiger partial charge on any atom is 0.323 e. The van der Waals surface area contributed by atoms with Crippen LogP contribution in [-0.4, -0.2) is 33.6 Å². The highest BCUT2D eigenvalue weighted by molar-refractivity contribution is 5.40. The largest absolute Gasteiger partial charge is 0.461 e. The van der Waals surface area contributed by atoms with E-state index in [4.69, 9.17) is 10.6 Å². The molecule has 0 amide bonds. The lowest BCUT2D eigenvalue weighted by atomic mass is 10.2. The molecule has 7 heteroatoms. The van der Waals surface area contributed by atoms with Crippen molar-refractivity contribution in [3.63, 3.8) is 0 Å². The molecule has 7 nitrogen and oxygen atoms in total. The zero-order valence-corrected chi connectivity index (χ0v) is 12.6. The minimum Gasteiger partial charge on any atom is -0.461 e. The highest BCUT2D eigenvalue weighted by Gasteiger charge is 2.32. The fourth-order valence-electron chi connectivity index (χ4n) is 1.98. The first-order valence-corrected chi connectivity index (χ1v) is 7.15. The van der Waals surface area contributed by atoms with Crippen LogP contribution in [0.5, 0.6) is 6.01 Å². The number of nitrogens with zero attached hydrogens (tertiary/aromatic N) is 4. The second-order valence-corrected chi connectivity index (χ2v) is 5.83. The Kier molecular flexibility index (Phi) is 4.59. The lowest BCUT2D eigenvalue weighted by Crippen LogP contribution is -2.32. The van der Waals surface area contributed by atoms with Gasteiger partial charge in [-0.2, -0.15) is 15.0 Å². The van der Waals surface area contributed by atoms with Gasteiger partial charge in [-0.15, -0.1) is 0 Å². The van der Waals surface area contributed by atoms with Crippen LogP contribution in [0.4, 0.5) is 11.9 Å². The Labute approximate surface area is 119 Å². The number of anilines is 2. The summed E-state index contributed by atoms with van der Waals surface area (Å²) in [5, 5.41) is 0. The zero-order chi connectivity index (χ0) is 14.7. The third-order valence-corrected chi connectivity index (χ3v) is 2.88. The first-order valence-electron chi connectivity index (χ1n) is 7.15. The highest BCUT2D eigenvalue weighted by Crippen LogP contribution is 2.31. The van der Waals surface area contributed by atoms with E-state index in [9.17, 15) is 0 Å². The highest BCUT2D eigenvalue weighted by atomic mass is 16.5. The third-order valence-electron chi connectivity index (χ3n) is 2.88. The van der Waals surface area contributed by atoms with Gasteiger partial charge in [0.05, 0.1) is 6.10 Å². The first-order chi connectivity index (χ1) is 9.49. The predicted molar refractivity (Wildman–Crippen MR) is 78.6 cm³/mol.